The first-order valence-corrected chi connectivity index (χ1v) is 7.47. The molecule has 0 saturated heterocycles. The number of carbonyl (C=O) groups excluding carboxylic acids is 1. The molecule has 19 heavy (non-hydrogen) atoms. The maximum atomic E-state index is 12.5. The summed E-state index contributed by atoms with van der Waals surface area (Å²) >= 11 is 3.51. The summed E-state index contributed by atoms with van der Waals surface area (Å²) in [6.07, 6.45) is 1.49. The molecular weight excluding hydrogens is 304 g/mol. The SMILES string of the molecule is CCC(CC)(CN)C(=O)Nc1c(C)cc(C)cc1Br. The fourth-order valence-electron chi connectivity index (χ4n) is 2.27. The predicted octanol–water partition coefficient (Wildman–Crippen LogP) is 3.77. The molecular formula is C15H23BrN2O. The van der Waals surface area contributed by atoms with Crippen molar-refractivity contribution in [1.29, 1.82) is 0 Å². The molecule has 0 aliphatic carbocycles. The van der Waals surface area contributed by atoms with Crippen LogP contribution in [-0.2, 0) is 4.79 Å². The molecule has 1 rings (SSSR count). The van der Waals surface area contributed by atoms with Gasteiger partial charge in [-0.1, -0.05) is 19.9 Å². The fourth-order valence-corrected chi connectivity index (χ4v) is 3.05. The van der Waals surface area contributed by atoms with E-state index in [1.807, 2.05) is 33.8 Å². The molecule has 1 amide bonds. The zero-order valence-corrected chi connectivity index (χ0v) is 13.7. The molecule has 0 aromatic heterocycles. The van der Waals surface area contributed by atoms with E-state index in [0.29, 0.717) is 6.54 Å². The second-order valence-corrected chi connectivity index (χ2v) is 5.94. The van der Waals surface area contributed by atoms with E-state index in [1.54, 1.807) is 0 Å². The van der Waals surface area contributed by atoms with Gasteiger partial charge in [0.1, 0.15) is 0 Å². The Morgan fingerprint density at radius 2 is 1.89 bits per heavy atom. The van der Waals surface area contributed by atoms with Gasteiger partial charge in [-0.25, -0.2) is 0 Å². The van der Waals surface area contributed by atoms with Crippen LogP contribution in [0.15, 0.2) is 16.6 Å². The monoisotopic (exact) mass is 326 g/mol. The molecule has 106 valence electrons. The van der Waals surface area contributed by atoms with Gasteiger partial charge in [-0.15, -0.1) is 0 Å². The second kappa shape index (κ2) is 6.53. The van der Waals surface area contributed by atoms with Crippen LogP contribution in [0.2, 0.25) is 0 Å². The molecule has 0 aliphatic heterocycles. The van der Waals surface area contributed by atoms with Crippen molar-refractivity contribution in [3.8, 4) is 0 Å². The molecule has 3 nitrogen and oxygen atoms in total. The normalized spacial score (nSPS) is 11.5. The Balaban J connectivity index is 3.06. The van der Waals surface area contributed by atoms with Crippen molar-refractivity contribution in [3.63, 3.8) is 0 Å². The van der Waals surface area contributed by atoms with Crippen LogP contribution in [0, 0.1) is 19.3 Å². The minimum absolute atomic E-state index is 0.00709. The molecule has 3 N–H and O–H groups in total. The summed E-state index contributed by atoms with van der Waals surface area (Å²) in [5.41, 5.74) is 8.40. The quantitative estimate of drug-likeness (QED) is 0.865. The van der Waals surface area contributed by atoms with Gasteiger partial charge in [0.25, 0.3) is 0 Å². The van der Waals surface area contributed by atoms with Crippen LogP contribution in [0.25, 0.3) is 0 Å². The number of rotatable bonds is 5. The van der Waals surface area contributed by atoms with Gasteiger partial charge in [0, 0.05) is 11.0 Å². The molecule has 0 saturated carbocycles. The summed E-state index contributed by atoms with van der Waals surface area (Å²) < 4.78 is 0.913. The van der Waals surface area contributed by atoms with Gasteiger partial charge in [-0.05, 0) is 59.8 Å². The lowest BCUT2D eigenvalue weighted by atomic mass is 9.81. The van der Waals surface area contributed by atoms with E-state index in [4.69, 9.17) is 5.73 Å². The zero-order valence-electron chi connectivity index (χ0n) is 12.1. The lowest BCUT2D eigenvalue weighted by Gasteiger charge is -2.29. The van der Waals surface area contributed by atoms with Crippen LogP contribution in [0.1, 0.15) is 37.8 Å². The van der Waals surface area contributed by atoms with Crippen LogP contribution in [-0.4, -0.2) is 12.5 Å². The first kappa shape index (κ1) is 16.2. The lowest BCUT2D eigenvalue weighted by molar-refractivity contribution is -0.125. The molecule has 4 heteroatoms. The number of nitrogens with two attached hydrogens (primary N) is 1. The third-order valence-corrected chi connectivity index (χ3v) is 4.52. The van der Waals surface area contributed by atoms with Gasteiger partial charge in [0.2, 0.25) is 5.91 Å². The Kier molecular flexibility index (Phi) is 5.56. The largest absolute Gasteiger partial charge is 0.329 e. The van der Waals surface area contributed by atoms with Crippen molar-refractivity contribution in [3.05, 3.63) is 27.7 Å². The maximum absolute atomic E-state index is 12.5. The summed E-state index contributed by atoms with van der Waals surface area (Å²) in [5, 5.41) is 3.03. The molecule has 0 aliphatic rings. The molecule has 1 aromatic carbocycles. The third kappa shape index (κ3) is 3.37. The van der Waals surface area contributed by atoms with Gasteiger partial charge >= 0.3 is 0 Å². The number of halogens is 1. The number of nitrogens with one attached hydrogen (secondary N) is 1. The Labute approximate surface area is 124 Å². The van der Waals surface area contributed by atoms with Crippen molar-refractivity contribution in [1.82, 2.24) is 0 Å². The average molecular weight is 327 g/mol. The number of anilines is 1. The third-order valence-electron chi connectivity index (χ3n) is 3.90. The van der Waals surface area contributed by atoms with Gasteiger partial charge in [-0.2, -0.15) is 0 Å². The van der Waals surface area contributed by atoms with Crippen LogP contribution < -0.4 is 11.1 Å². The number of carbonyl (C=O) groups is 1. The van der Waals surface area contributed by atoms with Crippen molar-refractivity contribution in [2.24, 2.45) is 11.1 Å². The molecule has 0 unspecified atom stereocenters. The summed E-state index contributed by atoms with van der Waals surface area (Å²) in [5.74, 6) is 0.00709. The van der Waals surface area contributed by atoms with Gasteiger partial charge in [-0.3, -0.25) is 4.79 Å². The van der Waals surface area contributed by atoms with Gasteiger partial charge < -0.3 is 11.1 Å². The highest BCUT2D eigenvalue weighted by Crippen LogP contribution is 2.32. The Morgan fingerprint density at radius 1 is 1.32 bits per heavy atom. The summed E-state index contributed by atoms with van der Waals surface area (Å²) in [7, 11) is 0. The number of aryl methyl sites for hydroxylation is 2. The first-order chi connectivity index (χ1) is 8.90. The van der Waals surface area contributed by atoms with Gasteiger partial charge in [0.05, 0.1) is 11.1 Å². The average Bonchev–Trinajstić information content (AvgIpc) is 2.36. The maximum Gasteiger partial charge on any atom is 0.231 e. The highest BCUT2D eigenvalue weighted by atomic mass is 79.9. The van der Waals surface area contributed by atoms with Crippen LogP contribution in [0.5, 0.6) is 0 Å². The zero-order chi connectivity index (χ0) is 14.6. The second-order valence-electron chi connectivity index (χ2n) is 5.08. The number of hydrogen-bond acceptors (Lipinski definition) is 2. The molecule has 0 fully saturated rings. The van der Waals surface area contributed by atoms with Crippen molar-refractivity contribution in [2.45, 2.75) is 40.5 Å². The van der Waals surface area contributed by atoms with E-state index >= 15 is 0 Å². The Morgan fingerprint density at radius 3 is 2.32 bits per heavy atom. The molecule has 0 atom stereocenters. The van der Waals surface area contributed by atoms with E-state index in [-0.39, 0.29) is 5.91 Å². The Hall–Kier alpha value is -0.870. The van der Waals surface area contributed by atoms with Crippen LogP contribution in [0.3, 0.4) is 0 Å². The van der Waals surface area contributed by atoms with Crippen molar-refractivity contribution in [2.75, 3.05) is 11.9 Å². The van der Waals surface area contributed by atoms with E-state index in [9.17, 15) is 4.79 Å². The van der Waals surface area contributed by atoms with Crippen molar-refractivity contribution >= 4 is 27.5 Å². The molecule has 0 radical (unpaired) electrons. The highest BCUT2D eigenvalue weighted by molar-refractivity contribution is 9.10. The first-order valence-electron chi connectivity index (χ1n) is 6.68. The highest BCUT2D eigenvalue weighted by Gasteiger charge is 2.33. The van der Waals surface area contributed by atoms with Crippen LogP contribution in [0.4, 0.5) is 5.69 Å². The summed E-state index contributed by atoms with van der Waals surface area (Å²) in [6.45, 7) is 8.41. The fraction of sp³-hybridized carbons (Fsp3) is 0.533. The van der Waals surface area contributed by atoms with Gasteiger partial charge in [0.15, 0.2) is 0 Å². The molecule has 1 aromatic rings. The van der Waals surface area contributed by atoms with E-state index < -0.39 is 5.41 Å². The minimum atomic E-state index is -0.475. The number of hydrogen-bond donors (Lipinski definition) is 2. The Bertz CT molecular complexity index is 436. The minimum Gasteiger partial charge on any atom is -0.329 e. The molecule has 0 spiro atoms. The van der Waals surface area contributed by atoms with Crippen LogP contribution >= 0.6 is 15.9 Å². The predicted molar refractivity (Wildman–Crippen MR) is 84.3 cm³/mol. The van der Waals surface area contributed by atoms with Crippen molar-refractivity contribution < 1.29 is 4.79 Å². The number of benzene rings is 1. The summed E-state index contributed by atoms with van der Waals surface area (Å²) in [4.78, 5) is 12.5. The van der Waals surface area contributed by atoms with E-state index in [2.05, 4.69) is 27.3 Å². The lowest BCUT2D eigenvalue weighted by Crippen LogP contribution is -2.41. The molecule has 0 bridgehead atoms. The smallest absolute Gasteiger partial charge is 0.231 e. The molecule has 0 heterocycles. The van der Waals surface area contributed by atoms with E-state index in [0.717, 1.165) is 28.6 Å². The standard InChI is InChI=1S/C15H23BrN2O/c1-5-15(6-2,9-17)14(19)18-13-11(4)7-10(3)8-12(13)16/h7-8H,5-6,9,17H2,1-4H3,(H,18,19). The topological polar surface area (TPSA) is 55.1 Å². The number of amides is 1. The summed E-state index contributed by atoms with van der Waals surface area (Å²) in [6, 6.07) is 4.06. The van der Waals surface area contributed by atoms with E-state index in [1.165, 1.54) is 5.56 Å².